The van der Waals surface area contributed by atoms with Gasteiger partial charge < -0.3 is 14.9 Å². The molecule has 4 rings (SSSR count). The molecular formula is C19H24N6O. The number of benzene rings is 1. The fourth-order valence-electron chi connectivity index (χ4n) is 3.38. The van der Waals surface area contributed by atoms with Gasteiger partial charge in [0, 0.05) is 19.6 Å². The van der Waals surface area contributed by atoms with Gasteiger partial charge in [-0.2, -0.15) is 5.10 Å². The minimum absolute atomic E-state index is 0.566. The van der Waals surface area contributed by atoms with Crippen LogP contribution in [0.3, 0.4) is 0 Å². The highest BCUT2D eigenvalue weighted by Crippen LogP contribution is 2.23. The smallest absolute Gasteiger partial charge is 0.148 e. The van der Waals surface area contributed by atoms with Crippen molar-refractivity contribution in [3.63, 3.8) is 0 Å². The van der Waals surface area contributed by atoms with Gasteiger partial charge in [-0.25, -0.2) is 4.98 Å². The summed E-state index contributed by atoms with van der Waals surface area (Å²) in [4.78, 5) is 13.5. The molecule has 7 heteroatoms. The lowest BCUT2D eigenvalue weighted by Gasteiger charge is -2.21. The SMILES string of the molecule is CN(C)C[C@H](O)c1cc2n(n1)CCCN(c1cnc3ccccc3n1)C2. The van der Waals surface area contributed by atoms with Crippen molar-refractivity contribution in [2.24, 2.45) is 0 Å². The first-order valence-corrected chi connectivity index (χ1v) is 8.96. The van der Waals surface area contributed by atoms with E-state index < -0.39 is 6.10 Å². The Morgan fingerprint density at radius 3 is 2.81 bits per heavy atom. The summed E-state index contributed by atoms with van der Waals surface area (Å²) < 4.78 is 2.02. The first-order valence-electron chi connectivity index (χ1n) is 8.96. The lowest BCUT2D eigenvalue weighted by Crippen LogP contribution is -2.23. The van der Waals surface area contributed by atoms with E-state index in [1.54, 1.807) is 0 Å². The maximum atomic E-state index is 10.4. The third-order valence-corrected chi connectivity index (χ3v) is 4.67. The van der Waals surface area contributed by atoms with E-state index in [1.165, 1.54) is 0 Å². The molecule has 0 fully saturated rings. The molecule has 136 valence electrons. The zero-order chi connectivity index (χ0) is 18.1. The highest BCUT2D eigenvalue weighted by molar-refractivity contribution is 5.75. The molecule has 0 spiro atoms. The molecule has 0 saturated heterocycles. The largest absolute Gasteiger partial charge is 0.385 e. The number of nitrogens with zero attached hydrogens (tertiary/aromatic N) is 6. The number of rotatable bonds is 4. The lowest BCUT2D eigenvalue weighted by atomic mass is 10.2. The van der Waals surface area contributed by atoms with E-state index in [2.05, 4.69) is 15.0 Å². The van der Waals surface area contributed by atoms with Crippen LogP contribution in [0, 0.1) is 0 Å². The Balaban J connectivity index is 1.59. The number of aliphatic hydroxyl groups is 1. The number of anilines is 1. The van der Waals surface area contributed by atoms with E-state index >= 15 is 0 Å². The first-order chi connectivity index (χ1) is 12.6. The molecule has 3 aromatic rings. The van der Waals surface area contributed by atoms with Gasteiger partial charge in [-0.3, -0.25) is 9.67 Å². The van der Waals surface area contributed by atoms with E-state index in [0.29, 0.717) is 13.1 Å². The molecule has 1 aliphatic heterocycles. The Bertz CT molecular complexity index is 906. The van der Waals surface area contributed by atoms with Crippen molar-refractivity contribution in [1.82, 2.24) is 24.6 Å². The highest BCUT2D eigenvalue weighted by atomic mass is 16.3. The molecule has 0 saturated carbocycles. The fourth-order valence-corrected chi connectivity index (χ4v) is 3.38. The van der Waals surface area contributed by atoms with Crippen LogP contribution in [0.15, 0.2) is 36.5 Å². The van der Waals surface area contributed by atoms with Crippen molar-refractivity contribution in [3.05, 3.63) is 47.9 Å². The Hall–Kier alpha value is -2.51. The van der Waals surface area contributed by atoms with E-state index in [1.807, 2.05) is 60.2 Å². The van der Waals surface area contributed by atoms with Crippen LogP contribution in [0.25, 0.3) is 11.0 Å². The van der Waals surface area contributed by atoms with E-state index in [4.69, 9.17) is 4.98 Å². The van der Waals surface area contributed by atoms with Gasteiger partial charge in [-0.1, -0.05) is 12.1 Å². The minimum atomic E-state index is -0.571. The van der Waals surface area contributed by atoms with E-state index in [0.717, 1.165) is 47.7 Å². The second-order valence-corrected chi connectivity index (χ2v) is 7.05. The zero-order valence-electron chi connectivity index (χ0n) is 15.2. The van der Waals surface area contributed by atoms with Crippen molar-refractivity contribution >= 4 is 16.9 Å². The van der Waals surface area contributed by atoms with Crippen molar-refractivity contribution in [2.45, 2.75) is 25.6 Å². The maximum Gasteiger partial charge on any atom is 0.148 e. The summed E-state index contributed by atoms with van der Waals surface area (Å²) in [6, 6.07) is 9.94. The van der Waals surface area contributed by atoms with Crippen LogP contribution in [0.5, 0.6) is 0 Å². The molecule has 26 heavy (non-hydrogen) atoms. The highest BCUT2D eigenvalue weighted by Gasteiger charge is 2.21. The van der Waals surface area contributed by atoms with Crippen LogP contribution in [-0.4, -0.2) is 56.9 Å². The van der Waals surface area contributed by atoms with Crippen LogP contribution >= 0.6 is 0 Å². The molecule has 0 radical (unpaired) electrons. The molecule has 1 N–H and O–H groups in total. The molecule has 0 unspecified atom stereocenters. The normalized spacial score (nSPS) is 15.9. The molecule has 2 aromatic heterocycles. The van der Waals surface area contributed by atoms with Crippen molar-refractivity contribution in [3.8, 4) is 0 Å². The number of para-hydroxylation sites is 2. The zero-order valence-corrected chi connectivity index (χ0v) is 15.2. The third kappa shape index (κ3) is 3.40. The standard InChI is InChI=1S/C19H24N6O/c1-23(2)13-18(26)17-10-14-12-24(8-5-9-25(14)22-17)19-11-20-15-6-3-4-7-16(15)21-19/h3-4,6-7,10-11,18,26H,5,8-9,12-13H2,1-2H3/t18-/m0/s1. The number of hydrogen-bond acceptors (Lipinski definition) is 6. The fraction of sp³-hybridized carbons (Fsp3) is 0.421. The molecule has 1 aliphatic rings. The average Bonchev–Trinajstić information content (AvgIpc) is 2.93. The third-order valence-electron chi connectivity index (χ3n) is 4.67. The summed E-state index contributed by atoms with van der Waals surface area (Å²) in [5.41, 5.74) is 3.65. The number of likely N-dealkylation sites (N-methyl/N-ethyl adjacent to an activating group) is 1. The van der Waals surface area contributed by atoms with Crippen LogP contribution < -0.4 is 4.90 Å². The second kappa shape index (κ2) is 7.01. The Kier molecular flexibility index (Phi) is 4.57. The predicted octanol–water partition coefficient (Wildman–Crippen LogP) is 1.83. The van der Waals surface area contributed by atoms with Crippen LogP contribution in [0.2, 0.25) is 0 Å². The second-order valence-electron chi connectivity index (χ2n) is 7.05. The van der Waals surface area contributed by atoms with Crippen molar-refractivity contribution < 1.29 is 5.11 Å². The molecule has 1 atom stereocenters. The van der Waals surface area contributed by atoms with Gasteiger partial charge in [0.25, 0.3) is 0 Å². The quantitative estimate of drug-likeness (QED) is 0.772. The van der Waals surface area contributed by atoms with Gasteiger partial charge >= 0.3 is 0 Å². The number of hydrogen-bond donors (Lipinski definition) is 1. The minimum Gasteiger partial charge on any atom is -0.385 e. The van der Waals surface area contributed by atoms with Crippen LogP contribution in [0.4, 0.5) is 5.82 Å². The van der Waals surface area contributed by atoms with Gasteiger partial charge in [0.1, 0.15) is 11.9 Å². The molecule has 0 aliphatic carbocycles. The van der Waals surface area contributed by atoms with Gasteiger partial charge in [0.15, 0.2) is 0 Å². The number of aliphatic hydroxyl groups excluding tert-OH is 1. The van der Waals surface area contributed by atoms with Gasteiger partial charge in [0.05, 0.1) is 35.2 Å². The molecule has 0 amide bonds. The Labute approximate surface area is 152 Å². The molecule has 3 heterocycles. The molecular weight excluding hydrogens is 328 g/mol. The van der Waals surface area contributed by atoms with E-state index in [-0.39, 0.29) is 0 Å². The average molecular weight is 352 g/mol. The summed E-state index contributed by atoms with van der Waals surface area (Å²) in [6.45, 7) is 3.04. The number of aromatic nitrogens is 4. The summed E-state index contributed by atoms with van der Waals surface area (Å²) in [5, 5.41) is 15.0. The maximum absolute atomic E-state index is 10.4. The van der Waals surface area contributed by atoms with E-state index in [9.17, 15) is 5.11 Å². The first kappa shape index (κ1) is 16.9. The lowest BCUT2D eigenvalue weighted by molar-refractivity contribution is 0.133. The van der Waals surface area contributed by atoms with Crippen LogP contribution in [0.1, 0.15) is 23.9 Å². The molecule has 7 nitrogen and oxygen atoms in total. The monoisotopic (exact) mass is 352 g/mol. The van der Waals surface area contributed by atoms with Crippen molar-refractivity contribution in [1.29, 1.82) is 0 Å². The summed E-state index contributed by atoms with van der Waals surface area (Å²) in [7, 11) is 3.90. The molecule has 0 bridgehead atoms. The number of aryl methyl sites for hydroxylation is 1. The predicted molar refractivity (Wildman–Crippen MR) is 101 cm³/mol. The topological polar surface area (TPSA) is 70.3 Å². The Morgan fingerprint density at radius 2 is 2.00 bits per heavy atom. The summed E-state index contributed by atoms with van der Waals surface area (Å²) in [6.07, 6.45) is 2.25. The van der Waals surface area contributed by atoms with Crippen molar-refractivity contribution in [2.75, 3.05) is 32.1 Å². The van der Waals surface area contributed by atoms with Crippen LogP contribution in [-0.2, 0) is 13.1 Å². The summed E-state index contributed by atoms with van der Waals surface area (Å²) in [5.74, 6) is 0.883. The molecule has 1 aromatic carbocycles. The Morgan fingerprint density at radius 1 is 1.19 bits per heavy atom. The van der Waals surface area contributed by atoms with Gasteiger partial charge in [-0.15, -0.1) is 0 Å². The summed E-state index contributed by atoms with van der Waals surface area (Å²) >= 11 is 0. The van der Waals surface area contributed by atoms with Gasteiger partial charge in [0.2, 0.25) is 0 Å². The number of fused-ring (bicyclic) bond motifs is 2. The van der Waals surface area contributed by atoms with Gasteiger partial charge in [-0.05, 0) is 38.7 Å².